The highest BCUT2D eigenvalue weighted by Crippen LogP contribution is 2.16. The second-order valence-electron chi connectivity index (χ2n) is 3.99. The van der Waals surface area contributed by atoms with Crippen LogP contribution in [0.15, 0.2) is 0 Å². The molecule has 3 nitrogen and oxygen atoms in total. The predicted octanol–water partition coefficient (Wildman–Crippen LogP) is 2.42. The topological polar surface area (TPSA) is 29.5 Å². The first-order chi connectivity index (χ1) is 7.25. The number of amides is 1. The zero-order valence-electron chi connectivity index (χ0n) is 9.45. The van der Waals surface area contributed by atoms with Gasteiger partial charge in [-0.05, 0) is 6.42 Å². The maximum absolute atomic E-state index is 11.3. The molecular formula is C11H21NO2S. The number of hydrogen-bond acceptors (Lipinski definition) is 3. The third-order valence-electron chi connectivity index (χ3n) is 2.70. The molecule has 0 aromatic rings. The molecule has 1 amide bonds. The van der Waals surface area contributed by atoms with Crippen LogP contribution in [0.2, 0.25) is 0 Å². The van der Waals surface area contributed by atoms with Crippen LogP contribution in [0.1, 0.15) is 45.4 Å². The van der Waals surface area contributed by atoms with E-state index in [0.717, 1.165) is 13.0 Å². The summed E-state index contributed by atoms with van der Waals surface area (Å²) in [5, 5.41) is 0. The molecule has 0 N–H and O–H groups in total. The van der Waals surface area contributed by atoms with Crippen molar-refractivity contribution < 1.29 is 9.53 Å². The number of unbranched alkanes of at least 4 members (excludes halogenated alkanes) is 5. The van der Waals surface area contributed by atoms with Gasteiger partial charge < -0.3 is 9.64 Å². The van der Waals surface area contributed by atoms with Crippen LogP contribution in [0, 0.1) is 0 Å². The van der Waals surface area contributed by atoms with Crippen LogP contribution in [0.3, 0.4) is 0 Å². The van der Waals surface area contributed by atoms with Gasteiger partial charge in [0, 0.05) is 6.54 Å². The molecule has 0 spiro atoms. The van der Waals surface area contributed by atoms with Crippen LogP contribution in [0.5, 0.6) is 0 Å². The van der Waals surface area contributed by atoms with E-state index in [9.17, 15) is 4.79 Å². The molecule has 88 valence electrons. The van der Waals surface area contributed by atoms with Crippen molar-refractivity contribution in [3.8, 4) is 0 Å². The number of carbonyl (C=O) groups is 1. The van der Waals surface area contributed by atoms with Crippen molar-refractivity contribution in [3.05, 3.63) is 0 Å². The van der Waals surface area contributed by atoms with E-state index in [-0.39, 0.29) is 18.1 Å². The fourth-order valence-corrected chi connectivity index (χ4v) is 2.06. The van der Waals surface area contributed by atoms with Crippen molar-refractivity contribution in [1.29, 1.82) is 0 Å². The molecule has 1 aliphatic heterocycles. The lowest BCUT2D eigenvalue weighted by Crippen LogP contribution is -2.31. The summed E-state index contributed by atoms with van der Waals surface area (Å²) in [7, 11) is 0. The maximum atomic E-state index is 11.3. The molecule has 1 fully saturated rings. The monoisotopic (exact) mass is 231 g/mol. The van der Waals surface area contributed by atoms with Crippen molar-refractivity contribution >= 4 is 18.5 Å². The molecular weight excluding hydrogens is 210 g/mol. The highest BCUT2D eigenvalue weighted by atomic mass is 32.1. The smallest absolute Gasteiger partial charge is 0.251 e. The Balaban J connectivity index is 2.02. The van der Waals surface area contributed by atoms with Gasteiger partial charge in [-0.2, -0.15) is 0 Å². The molecule has 1 heterocycles. The lowest BCUT2D eigenvalue weighted by Gasteiger charge is -2.18. The first-order valence-electron chi connectivity index (χ1n) is 5.85. The van der Waals surface area contributed by atoms with Crippen LogP contribution in [-0.2, 0) is 9.53 Å². The minimum Gasteiger partial charge on any atom is -0.339 e. The zero-order valence-corrected chi connectivity index (χ0v) is 10.3. The molecule has 1 unspecified atom stereocenters. The lowest BCUT2D eigenvalue weighted by atomic mass is 10.1. The summed E-state index contributed by atoms with van der Waals surface area (Å²) in [6, 6.07) is 0. The molecule has 15 heavy (non-hydrogen) atoms. The van der Waals surface area contributed by atoms with Crippen LogP contribution in [0.25, 0.3) is 0 Å². The first-order valence-corrected chi connectivity index (χ1v) is 6.36. The number of rotatable bonds is 7. The number of ether oxygens (including phenoxy) is 1. The summed E-state index contributed by atoms with van der Waals surface area (Å²) in [4.78, 5) is 13.0. The largest absolute Gasteiger partial charge is 0.339 e. The highest BCUT2D eigenvalue weighted by Gasteiger charge is 2.28. The Labute approximate surface area is 97.6 Å². The Morgan fingerprint density at radius 2 is 2.00 bits per heavy atom. The van der Waals surface area contributed by atoms with Crippen LogP contribution >= 0.6 is 12.6 Å². The number of hydrogen-bond donors (Lipinski definition) is 1. The Hall–Kier alpha value is -0.220. The van der Waals surface area contributed by atoms with Crippen LogP contribution in [-0.4, -0.2) is 29.5 Å². The SMILES string of the molecule is CCCCCCCCN1C(=O)COC1S. The molecule has 0 saturated carbocycles. The van der Waals surface area contributed by atoms with Gasteiger partial charge in [0.05, 0.1) is 0 Å². The summed E-state index contributed by atoms with van der Waals surface area (Å²) < 4.78 is 5.11. The summed E-state index contributed by atoms with van der Waals surface area (Å²) in [6.07, 6.45) is 7.44. The van der Waals surface area contributed by atoms with Crippen molar-refractivity contribution in [1.82, 2.24) is 4.90 Å². The van der Waals surface area contributed by atoms with E-state index in [1.165, 1.54) is 32.1 Å². The van der Waals surface area contributed by atoms with Gasteiger partial charge in [0.1, 0.15) is 6.61 Å². The van der Waals surface area contributed by atoms with Gasteiger partial charge >= 0.3 is 0 Å². The Kier molecular flexibility index (Phi) is 6.10. The molecule has 1 saturated heterocycles. The van der Waals surface area contributed by atoms with E-state index in [1.807, 2.05) is 0 Å². The Morgan fingerprint density at radius 1 is 1.33 bits per heavy atom. The number of carbonyl (C=O) groups excluding carboxylic acids is 1. The van der Waals surface area contributed by atoms with Crippen LogP contribution in [0.4, 0.5) is 0 Å². The Morgan fingerprint density at radius 3 is 2.60 bits per heavy atom. The van der Waals surface area contributed by atoms with Gasteiger partial charge in [0.25, 0.3) is 5.91 Å². The summed E-state index contributed by atoms with van der Waals surface area (Å²) in [5.74, 6) is 0.0727. The van der Waals surface area contributed by atoms with Gasteiger partial charge in [-0.25, -0.2) is 0 Å². The molecule has 1 atom stereocenters. The highest BCUT2D eigenvalue weighted by molar-refractivity contribution is 7.80. The van der Waals surface area contributed by atoms with Crippen molar-refractivity contribution in [3.63, 3.8) is 0 Å². The summed E-state index contributed by atoms with van der Waals surface area (Å²) in [6.45, 7) is 3.20. The third kappa shape index (κ3) is 4.43. The van der Waals surface area contributed by atoms with Gasteiger partial charge in [-0.15, -0.1) is 12.6 Å². The van der Waals surface area contributed by atoms with E-state index in [2.05, 4.69) is 19.6 Å². The molecule has 0 aliphatic carbocycles. The van der Waals surface area contributed by atoms with Gasteiger partial charge in [-0.3, -0.25) is 4.79 Å². The summed E-state index contributed by atoms with van der Waals surface area (Å²) in [5.41, 5.74) is -0.312. The van der Waals surface area contributed by atoms with Crippen molar-refractivity contribution in [2.75, 3.05) is 13.2 Å². The number of nitrogens with zero attached hydrogens (tertiary/aromatic N) is 1. The van der Waals surface area contributed by atoms with E-state index < -0.39 is 0 Å². The van der Waals surface area contributed by atoms with E-state index in [4.69, 9.17) is 4.74 Å². The van der Waals surface area contributed by atoms with E-state index in [1.54, 1.807) is 4.90 Å². The molecule has 4 heteroatoms. The van der Waals surface area contributed by atoms with Crippen molar-refractivity contribution in [2.45, 2.75) is 51.0 Å². The second kappa shape index (κ2) is 7.12. The molecule has 0 bridgehead atoms. The second-order valence-corrected chi connectivity index (χ2v) is 4.43. The van der Waals surface area contributed by atoms with E-state index >= 15 is 0 Å². The van der Waals surface area contributed by atoms with Crippen molar-refractivity contribution in [2.24, 2.45) is 0 Å². The third-order valence-corrected chi connectivity index (χ3v) is 3.12. The zero-order chi connectivity index (χ0) is 11.1. The van der Waals surface area contributed by atoms with Gasteiger partial charge in [-0.1, -0.05) is 39.0 Å². The minimum absolute atomic E-state index is 0.0727. The summed E-state index contributed by atoms with van der Waals surface area (Å²) >= 11 is 4.19. The quantitative estimate of drug-likeness (QED) is 0.538. The average Bonchev–Trinajstić information content (AvgIpc) is 2.54. The van der Waals surface area contributed by atoms with E-state index in [0.29, 0.717) is 0 Å². The minimum atomic E-state index is -0.312. The fourth-order valence-electron chi connectivity index (χ4n) is 1.74. The molecule has 1 rings (SSSR count). The van der Waals surface area contributed by atoms with Gasteiger partial charge in [0.2, 0.25) is 0 Å². The predicted molar refractivity (Wildman–Crippen MR) is 63.8 cm³/mol. The maximum Gasteiger partial charge on any atom is 0.251 e. The standard InChI is InChI=1S/C11H21NO2S/c1-2-3-4-5-6-7-8-12-10(13)9-14-11(12)15/h11,15H,2-9H2,1H3. The normalized spacial score (nSPS) is 21.3. The first kappa shape index (κ1) is 12.8. The van der Waals surface area contributed by atoms with Gasteiger partial charge in [0.15, 0.2) is 5.56 Å². The van der Waals surface area contributed by atoms with Crippen LogP contribution < -0.4 is 0 Å². The average molecular weight is 231 g/mol. The number of thiol groups is 1. The molecule has 1 aliphatic rings. The fraction of sp³-hybridized carbons (Fsp3) is 0.909. The molecule has 0 aromatic carbocycles. The molecule has 0 radical (unpaired) electrons. The Bertz CT molecular complexity index is 199. The molecule has 0 aromatic heterocycles. The lowest BCUT2D eigenvalue weighted by molar-refractivity contribution is -0.127.